The predicted octanol–water partition coefficient (Wildman–Crippen LogP) is 3.90. The first-order valence-corrected chi connectivity index (χ1v) is 7.93. The SMILES string of the molecule is O=C(Nc1ccc(Cl)c(Cl)c1)c1ccc(N2C(=O)CCC2=O)cc1. The van der Waals surface area contributed by atoms with Gasteiger partial charge in [0.1, 0.15) is 0 Å². The van der Waals surface area contributed by atoms with E-state index in [1.807, 2.05) is 0 Å². The maximum absolute atomic E-state index is 12.2. The first kappa shape index (κ1) is 16.5. The molecule has 0 aromatic heterocycles. The van der Waals surface area contributed by atoms with Gasteiger partial charge in [0.05, 0.1) is 15.7 Å². The van der Waals surface area contributed by atoms with Crippen molar-refractivity contribution >= 4 is 52.3 Å². The van der Waals surface area contributed by atoms with Crippen LogP contribution in [-0.2, 0) is 9.59 Å². The van der Waals surface area contributed by atoms with Gasteiger partial charge in [0.15, 0.2) is 0 Å². The quantitative estimate of drug-likeness (QED) is 0.842. The van der Waals surface area contributed by atoms with Gasteiger partial charge in [-0.2, -0.15) is 0 Å². The Morgan fingerprint density at radius 3 is 2.12 bits per heavy atom. The molecule has 0 aliphatic carbocycles. The van der Waals surface area contributed by atoms with Crippen molar-refractivity contribution in [3.05, 3.63) is 58.1 Å². The molecule has 1 aliphatic rings. The van der Waals surface area contributed by atoms with Crippen molar-refractivity contribution in [2.75, 3.05) is 10.2 Å². The van der Waals surface area contributed by atoms with Crippen LogP contribution < -0.4 is 10.2 Å². The van der Waals surface area contributed by atoms with Gasteiger partial charge in [0, 0.05) is 24.1 Å². The average molecular weight is 363 g/mol. The average Bonchev–Trinajstić information content (AvgIpc) is 2.90. The molecule has 0 saturated carbocycles. The van der Waals surface area contributed by atoms with Crippen LogP contribution in [0, 0.1) is 0 Å². The van der Waals surface area contributed by atoms with Crippen molar-refractivity contribution in [3.63, 3.8) is 0 Å². The normalized spacial score (nSPS) is 14.2. The topological polar surface area (TPSA) is 66.5 Å². The van der Waals surface area contributed by atoms with E-state index in [0.717, 1.165) is 4.90 Å². The highest BCUT2D eigenvalue weighted by Gasteiger charge is 2.30. The molecule has 0 atom stereocenters. The van der Waals surface area contributed by atoms with E-state index in [2.05, 4.69) is 5.32 Å². The number of nitrogens with zero attached hydrogens (tertiary/aromatic N) is 1. The summed E-state index contributed by atoms with van der Waals surface area (Å²) in [6.45, 7) is 0. The molecule has 0 radical (unpaired) electrons. The number of imide groups is 1. The van der Waals surface area contributed by atoms with Gasteiger partial charge in [0.2, 0.25) is 11.8 Å². The minimum absolute atomic E-state index is 0.221. The zero-order valence-corrected chi connectivity index (χ0v) is 13.9. The van der Waals surface area contributed by atoms with Crippen LogP contribution in [0.4, 0.5) is 11.4 Å². The number of anilines is 2. The molecule has 0 spiro atoms. The molecule has 1 aliphatic heterocycles. The van der Waals surface area contributed by atoms with E-state index < -0.39 is 0 Å². The fourth-order valence-corrected chi connectivity index (χ4v) is 2.70. The number of hydrogen-bond acceptors (Lipinski definition) is 3. The number of hydrogen-bond donors (Lipinski definition) is 1. The molecule has 7 heteroatoms. The van der Waals surface area contributed by atoms with Crippen LogP contribution in [0.25, 0.3) is 0 Å². The third-order valence-electron chi connectivity index (χ3n) is 3.62. The summed E-state index contributed by atoms with van der Waals surface area (Å²) in [5.41, 5.74) is 1.38. The zero-order valence-electron chi connectivity index (χ0n) is 12.4. The third-order valence-corrected chi connectivity index (χ3v) is 4.36. The van der Waals surface area contributed by atoms with Gasteiger partial charge in [-0.3, -0.25) is 19.3 Å². The molecule has 1 fully saturated rings. The van der Waals surface area contributed by atoms with Gasteiger partial charge in [-0.05, 0) is 42.5 Å². The molecule has 3 rings (SSSR count). The van der Waals surface area contributed by atoms with Gasteiger partial charge in [0.25, 0.3) is 5.91 Å². The Morgan fingerprint density at radius 1 is 0.917 bits per heavy atom. The van der Waals surface area contributed by atoms with E-state index in [1.54, 1.807) is 42.5 Å². The summed E-state index contributed by atoms with van der Waals surface area (Å²) < 4.78 is 0. The number of carbonyl (C=O) groups excluding carboxylic acids is 3. The van der Waals surface area contributed by atoms with Crippen molar-refractivity contribution in [3.8, 4) is 0 Å². The van der Waals surface area contributed by atoms with Gasteiger partial charge in [-0.1, -0.05) is 23.2 Å². The maximum Gasteiger partial charge on any atom is 0.255 e. The molecule has 0 bridgehead atoms. The van der Waals surface area contributed by atoms with Crippen molar-refractivity contribution in [1.82, 2.24) is 0 Å². The Hall–Kier alpha value is -2.37. The summed E-state index contributed by atoms with van der Waals surface area (Å²) in [4.78, 5) is 36.8. The molecular formula is C17H12Cl2N2O3. The van der Waals surface area contributed by atoms with Crippen LogP contribution in [0.1, 0.15) is 23.2 Å². The van der Waals surface area contributed by atoms with E-state index >= 15 is 0 Å². The lowest BCUT2D eigenvalue weighted by atomic mass is 10.1. The zero-order chi connectivity index (χ0) is 17.3. The van der Waals surface area contributed by atoms with E-state index in [4.69, 9.17) is 23.2 Å². The molecule has 1 N–H and O–H groups in total. The number of halogens is 2. The number of nitrogens with one attached hydrogen (secondary N) is 1. The highest BCUT2D eigenvalue weighted by molar-refractivity contribution is 6.42. The Kier molecular flexibility index (Phi) is 4.55. The molecule has 122 valence electrons. The standard InChI is InChI=1S/C17H12Cl2N2O3/c18-13-6-3-11(9-14(13)19)20-17(24)10-1-4-12(5-2-10)21-15(22)7-8-16(21)23/h1-6,9H,7-8H2,(H,20,24). The van der Waals surface area contributed by atoms with E-state index in [0.29, 0.717) is 27.0 Å². The second-order valence-electron chi connectivity index (χ2n) is 5.25. The molecular weight excluding hydrogens is 351 g/mol. The molecule has 5 nitrogen and oxygen atoms in total. The first-order valence-electron chi connectivity index (χ1n) is 7.18. The predicted molar refractivity (Wildman–Crippen MR) is 92.6 cm³/mol. The molecule has 1 saturated heterocycles. The fourth-order valence-electron chi connectivity index (χ4n) is 2.40. The lowest BCUT2D eigenvalue weighted by molar-refractivity contribution is -0.121. The van der Waals surface area contributed by atoms with Crippen molar-refractivity contribution in [1.29, 1.82) is 0 Å². The van der Waals surface area contributed by atoms with Gasteiger partial charge in [-0.15, -0.1) is 0 Å². The summed E-state index contributed by atoms with van der Waals surface area (Å²) in [6.07, 6.45) is 0.441. The lowest BCUT2D eigenvalue weighted by Gasteiger charge is -2.14. The van der Waals surface area contributed by atoms with Gasteiger partial charge in [-0.25, -0.2) is 0 Å². The van der Waals surface area contributed by atoms with Crippen LogP contribution in [0.5, 0.6) is 0 Å². The van der Waals surface area contributed by atoms with E-state index in [9.17, 15) is 14.4 Å². The third kappa shape index (κ3) is 3.27. The highest BCUT2D eigenvalue weighted by atomic mass is 35.5. The monoisotopic (exact) mass is 362 g/mol. The van der Waals surface area contributed by atoms with E-state index in [1.165, 1.54) is 0 Å². The minimum atomic E-state index is -0.334. The number of carbonyl (C=O) groups is 3. The molecule has 3 amide bonds. The van der Waals surface area contributed by atoms with Crippen LogP contribution in [0.3, 0.4) is 0 Å². The highest BCUT2D eigenvalue weighted by Crippen LogP contribution is 2.26. The Balaban J connectivity index is 1.75. The molecule has 1 heterocycles. The number of rotatable bonds is 3. The Labute approximate surface area is 148 Å². The molecule has 2 aromatic carbocycles. The summed E-state index contributed by atoms with van der Waals surface area (Å²) >= 11 is 11.7. The van der Waals surface area contributed by atoms with Crippen LogP contribution in [0.15, 0.2) is 42.5 Å². The van der Waals surface area contributed by atoms with Crippen molar-refractivity contribution in [2.45, 2.75) is 12.8 Å². The van der Waals surface area contributed by atoms with Gasteiger partial charge < -0.3 is 5.32 Å². The molecule has 24 heavy (non-hydrogen) atoms. The minimum Gasteiger partial charge on any atom is -0.322 e. The second-order valence-corrected chi connectivity index (χ2v) is 6.07. The molecule has 2 aromatic rings. The Bertz CT molecular complexity index is 818. The summed E-state index contributed by atoms with van der Waals surface area (Å²) in [6, 6.07) is 11.0. The van der Waals surface area contributed by atoms with Crippen LogP contribution >= 0.6 is 23.2 Å². The molecule has 0 unspecified atom stereocenters. The largest absolute Gasteiger partial charge is 0.322 e. The second kappa shape index (κ2) is 6.63. The van der Waals surface area contributed by atoms with E-state index in [-0.39, 0.29) is 30.6 Å². The number of benzene rings is 2. The van der Waals surface area contributed by atoms with Gasteiger partial charge >= 0.3 is 0 Å². The Morgan fingerprint density at radius 2 is 1.54 bits per heavy atom. The lowest BCUT2D eigenvalue weighted by Crippen LogP contribution is -2.28. The van der Waals surface area contributed by atoms with Crippen LogP contribution in [0.2, 0.25) is 10.0 Å². The summed E-state index contributed by atoms with van der Waals surface area (Å²) in [5.74, 6) is -0.792. The first-order chi connectivity index (χ1) is 11.5. The van der Waals surface area contributed by atoms with Crippen molar-refractivity contribution < 1.29 is 14.4 Å². The summed E-state index contributed by atoms with van der Waals surface area (Å²) in [5, 5.41) is 3.45. The number of amides is 3. The van der Waals surface area contributed by atoms with Crippen molar-refractivity contribution in [2.24, 2.45) is 0 Å². The summed E-state index contributed by atoms with van der Waals surface area (Å²) in [7, 11) is 0. The fraction of sp³-hybridized carbons (Fsp3) is 0.118. The smallest absolute Gasteiger partial charge is 0.255 e. The van der Waals surface area contributed by atoms with Crippen LogP contribution in [-0.4, -0.2) is 17.7 Å². The maximum atomic E-state index is 12.2.